The molecular formula is C24H34N4OS. The van der Waals surface area contributed by atoms with E-state index in [1.807, 2.05) is 31.2 Å². The summed E-state index contributed by atoms with van der Waals surface area (Å²) < 4.78 is 5.46. The summed E-state index contributed by atoms with van der Waals surface area (Å²) in [5.74, 6) is 0.875. The number of ether oxygens (including phenoxy) is 1. The minimum Gasteiger partial charge on any atom is -0.494 e. The number of piperazine rings is 1. The molecule has 1 fully saturated rings. The van der Waals surface area contributed by atoms with E-state index in [1.165, 1.54) is 16.8 Å². The Bertz CT molecular complexity index is 816. The molecule has 2 aromatic rings. The molecule has 0 saturated carbocycles. The lowest BCUT2D eigenvalue weighted by molar-refractivity contribution is 0.255. The summed E-state index contributed by atoms with van der Waals surface area (Å²) in [6.07, 6.45) is 1.08. The fourth-order valence-electron chi connectivity index (χ4n) is 3.75. The topological polar surface area (TPSA) is 39.8 Å². The average Bonchev–Trinajstić information content (AvgIpc) is 2.75. The molecule has 1 heterocycles. The van der Waals surface area contributed by atoms with Crippen molar-refractivity contribution in [1.29, 1.82) is 0 Å². The molecule has 0 unspecified atom stereocenters. The van der Waals surface area contributed by atoms with Gasteiger partial charge in [-0.1, -0.05) is 12.1 Å². The molecule has 30 heavy (non-hydrogen) atoms. The van der Waals surface area contributed by atoms with Gasteiger partial charge in [0, 0.05) is 44.1 Å². The number of rotatable bonds is 8. The molecule has 0 aromatic heterocycles. The Kier molecular flexibility index (Phi) is 8.34. The van der Waals surface area contributed by atoms with E-state index in [-0.39, 0.29) is 0 Å². The molecule has 162 valence electrons. The molecule has 5 nitrogen and oxygen atoms in total. The molecule has 0 radical (unpaired) electrons. The van der Waals surface area contributed by atoms with Gasteiger partial charge in [0.15, 0.2) is 5.11 Å². The lowest BCUT2D eigenvalue weighted by Crippen LogP contribution is -2.47. The van der Waals surface area contributed by atoms with E-state index < -0.39 is 0 Å². The number of aryl methyl sites for hydroxylation is 2. The molecule has 0 atom stereocenters. The quantitative estimate of drug-likeness (QED) is 0.487. The van der Waals surface area contributed by atoms with Crippen molar-refractivity contribution < 1.29 is 4.74 Å². The van der Waals surface area contributed by atoms with Crippen LogP contribution in [0.3, 0.4) is 0 Å². The number of hydrogen-bond acceptors (Lipinski definition) is 4. The maximum absolute atomic E-state index is 5.46. The number of nitrogens with one attached hydrogen (secondary N) is 2. The van der Waals surface area contributed by atoms with E-state index in [0.29, 0.717) is 11.7 Å². The van der Waals surface area contributed by atoms with Gasteiger partial charge in [-0.15, -0.1) is 0 Å². The fourth-order valence-corrected chi connectivity index (χ4v) is 3.97. The zero-order valence-electron chi connectivity index (χ0n) is 18.4. The predicted octanol–water partition coefficient (Wildman–Crippen LogP) is 4.20. The minimum atomic E-state index is 0.666. The third kappa shape index (κ3) is 6.61. The monoisotopic (exact) mass is 426 g/mol. The first kappa shape index (κ1) is 22.4. The SMILES string of the molecule is CCOc1ccc(NC(=S)NCCCN2CCN(c3cc(C)ccc3C)CC2)cc1. The summed E-state index contributed by atoms with van der Waals surface area (Å²) >= 11 is 5.41. The van der Waals surface area contributed by atoms with E-state index in [2.05, 4.69) is 52.5 Å². The molecule has 0 spiro atoms. The van der Waals surface area contributed by atoms with Crippen molar-refractivity contribution in [2.24, 2.45) is 0 Å². The Morgan fingerprint density at radius 2 is 1.77 bits per heavy atom. The van der Waals surface area contributed by atoms with Crippen LogP contribution in [0, 0.1) is 13.8 Å². The molecule has 6 heteroatoms. The van der Waals surface area contributed by atoms with E-state index in [4.69, 9.17) is 17.0 Å². The Hall–Kier alpha value is -2.31. The third-order valence-corrected chi connectivity index (χ3v) is 5.68. The predicted molar refractivity (Wildman–Crippen MR) is 131 cm³/mol. The van der Waals surface area contributed by atoms with Crippen molar-refractivity contribution in [2.75, 3.05) is 56.1 Å². The Balaban J connectivity index is 1.32. The first-order chi connectivity index (χ1) is 14.5. The number of nitrogens with zero attached hydrogens (tertiary/aromatic N) is 2. The Labute approximate surface area is 186 Å². The highest BCUT2D eigenvalue weighted by molar-refractivity contribution is 7.80. The standard InChI is InChI=1S/C24H34N4OS/c1-4-29-22-10-8-21(9-11-22)26-24(30)25-12-5-13-27-14-16-28(17-15-27)23-18-19(2)6-7-20(23)3/h6-11,18H,4-5,12-17H2,1-3H3,(H2,25,26,30). The van der Waals surface area contributed by atoms with Gasteiger partial charge in [-0.3, -0.25) is 4.90 Å². The normalized spacial score (nSPS) is 14.4. The molecule has 0 amide bonds. The van der Waals surface area contributed by atoms with E-state index in [9.17, 15) is 0 Å². The molecule has 2 aromatic carbocycles. The fraction of sp³-hybridized carbons (Fsp3) is 0.458. The van der Waals surface area contributed by atoms with Crippen LogP contribution < -0.4 is 20.3 Å². The van der Waals surface area contributed by atoms with Crippen LogP contribution in [0.5, 0.6) is 5.75 Å². The number of anilines is 2. The smallest absolute Gasteiger partial charge is 0.170 e. The first-order valence-electron chi connectivity index (χ1n) is 10.9. The van der Waals surface area contributed by atoms with Crippen molar-refractivity contribution in [1.82, 2.24) is 10.2 Å². The second kappa shape index (κ2) is 11.2. The van der Waals surface area contributed by atoms with Gasteiger partial charge in [-0.05, 0) is 87.4 Å². The Morgan fingerprint density at radius 1 is 1.03 bits per heavy atom. The van der Waals surface area contributed by atoms with Gasteiger partial charge in [0.2, 0.25) is 0 Å². The second-order valence-corrected chi connectivity index (χ2v) is 8.22. The molecule has 0 aliphatic carbocycles. The largest absolute Gasteiger partial charge is 0.494 e. The third-order valence-electron chi connectivity index (χ3n) is 5.44. The van der Waals surface area contributed by atoms with Gasteiger partial charge in [-0.25, -0.2) is 0 Å². The van der Waals surface area contributed by atoms with Crippen molar-refractivity contribution in [3.8, 4) is 5.75 Å². The van der Waals surface area contributed by atoms with Crippen LogP contribution in [-0.4, -0.2) is 55.9 Å². The van der Waals surface area contributed by atoms with Crippen molar-refractivity contribution >= 4 is 28.7 Å². The summed E-state index contributed by atoms with van der Waals surface area (Å²) in [5, 5.41) is 7.20. The van der Waals surface area contributed by atoms with Crippen LogP contribution >= 0.6 is 12.2 Å². The highest BCUT2D eigenvalue weighted by Gasteiger charge is 2.18. The van der Waals surface area contributed by atoms with Gasteiger partial charge in [0.05, 0.1) is 6.61 Å². The van der Waals surface area contributed by atoms with Crippen molar-refractivity contribution in [3.63, 3.8) is 0 Å². The summed E-state index contributed by atoms with van der Waals surface area (Å²) in [6, 6.07) is 14.6. The summed E-state index contributed by atoms with van der Waals surface area (Å²) in [6.45, 7) is 13.4. The molecule has 2 N–H and O–H groups in total. The summed E-state index contributed by atoms with van der Waals surface area (Å²) in [5.41, 5.74) is 5.06. The number of benzene rings is 2. The highest BCUT2D eigenvalue weighted by atomic mass is 32.1. The van der Waals surface area contributed by atoms with Crippen LogP contribution in [0.25, 0.3) is 0 Å². The lowest BCUT2D eigenvalue weighted by Gasteiger charge is -2.37. The molecule has 1 saturated heterocycles. The van der Waals surface area contributed by atoms with Gasteiger partial charge >= 0.3 is 0 Å². The van der Waals surface area contributed by atoms with Crippen LogP contribution in [0.4, 0.5) is 11.4 Å². The van der Waals surface area contributed by atoms with E-state index in [0.717, 1.165) is 57.1 Å². The maximum atomic E-state index is 5.46. The van der Waals surface area contributed by atoms with Crippen molar-refractivity contribution in [2.45, 2.75) is 27.2 Å². The Morgan fingerprint density at radius 3 is 2.47 bits per heavy atom. The summed E-state index contributed by atoms with van der Waals surface area (Å²) in [4.78, 5) is 5.07. The minimum absolute atomic E-state index is 0.666. The van der Waals surface area contributed by atoms with Crippen LogP contribution in [0.2, 0.25) is 0 Å². The lowest BCUT2D eigenvalue weighted by atomic mass is 10.1. The van der Waals surface area contributed by atoms with Crippen molar-refractivity contribution in [3.05, 3.63) is 53.6 Å². The molecule has 0 bridgehead atoms. The molecular weight excluding hydrogens is 392 g/mol. The number of thiocarbonyl (C=S) groups is 1. The van der Waals surface area contributed by atoms with E-state index in [1.54, 1.807) is 0 Å². The zero-order chi connectivity index (χ0) is 21.3. The van der Waals surface area contributed by atoms with Crippen LogP contribution in [0.15, 0.2) is 42.5 Å². The van der Waals surface area contributed by atoms with E-state index >= 15 is 0 Å². The van der Waals surface area contributed by atoms with Gasteiger partial charge in [0.25, 0.3) is 0 Å². The van der Waals surface area contributed by atoms with Gasteiger partial charge < -0.3 is 20.3 Å². The summed E-state index contributed by atoms with van der Waals surface area (Å²) in [7, 11) is 0. The zero-order valence-corrected chi connectivity index (χ0v) is 19.2. The van der Waals surface area contributed by atoms with Crippen LogP contribution in [-0.2, 0) is 0 Å². The average molecular weight is 427 g/mol. The highest BCUT2D eigenvalue weighted by Crippen LogP contribution is 2.22. The molecule has 1 aliphatic rings. The molecule has 1 aliphatic heterocycles. The maximum Gasteiger partial charge on any atom is 0.170 e. The van der Waals surface area contributed by atoms with Gasteiger partial charge in [-0.2, -0.15) is 0 Å². The number of hydrogen-bond donors (Lipinski definition) is 2. The van der Waals surface area contributed by atoms with Gasteiger partial charge in [0.1, 0.15) is 5.75 Å². The first-order valence-corrected chi connectivity index (χ1v) is 11.3. The second-order valence-electron chi connectivity index (χ2n) is 7.81. The molecule has 3 rings (SSSR count). The van der Waals surface area contributed by atoms with Crippen LogP contribution in [0.1, 0.15) is 24.5 Å².